The fraction of sp³-hybridized carbons (Fsp3) is 1.00. The van der Waals surface area contributed by atoms with Gasteiger partial charge in [-0.25, -0.2) is 4.57 Å². The Hall–Kier alpha value is 0.0200. The summed E-state index contributed by atoms with van der Waals surface area (Å²) in [5.74, 6) is 0. The van der Waals surface area contributed by atoms with Gasteiger partial charge < -0.3 is 4.74 Å². The third-order valence-electron chi connectivity index (χ3n) is 2.22. The summed E-state index contributed by atoms with van der Waals surface area (Å²) in [7, 11) is -0.188. The van der Waals surface area contributed by atoms with E-state index in [2.05, 4.69) is 4.52 Å². The molecule has 0 aromatic heterocycles. The lowest BCUT2D eigenvalue weighted by molar-refractivity contribution is 0.327. The van der Waals surface area contributed by atoms with Crippen molar-refractivity contribution >= 4 is 8.69 Å². The van der Waals surface area contributed by atoms with E-state index in [1.807, 2.05) is 0 Å². The molecule has 1 unspecified atom stereocenters. The Kier molecular flexibility index (Phi) is 6.34. The molecule has 1 heterocycles. The van der Waals surface area contributed by atoms with Gasteiger partial charge in [0.05, 0.1) is 19.3 Å². The molecule has 0 bridgehead atoms. The molecule has 0 radical (unpaired) electrons. The van der Waals surface area contributed by atoms with Crippen LogP contribution in [0, 0.1) is 0 Å². The quantitative estimate of drug-likeness (QED) is 0.329. The standard InChI is InChI=1S/C9H17O3P/c10-13-12-7-5-3-1-2-4-6-9-8-11-9/h9H,1-8H2. The van der Waals surface area contributed by atoms with Crippen LogP contribution in [0.4, 0.5) is 0 Å². The van der Waals surface area contributed by atoms with Crippen LogP contribution in [0.5, 0.6) is 0 Å². The normalized spacial score (nSPS) is 20.8. The Balaban J connectivity index is 1.65. The molecule has 3 nitrogen and oxygen atoms in total. The van der Waals surface area contributed by atoms with E-state index in [4.69, 9.17) is 4.74 Å². The summed E-state index contributed by atoms with van der Waals surface area (Å²) in [6.45, 7) is 1.60. The van der Waals surface area contributed by atoms with Crippen LogP contribution in [0.1, 0.15) is 38.5 Å². The maximum absolute atomic E-state index is 9.88. The molecular formula is C9H17O3P. The molecule has 1 aliphatic heterocycles. The molecule has 13 heavy (non-hydrogen) atoms. The first-order valence-electron chi connectivity index (χ1n) is 4.99. The van der Waals surface area contributed by atoms with Crippen molar-refractivity contribution in [2.24, 2.45) is 0 Å². The molecule has 1 aliphatic rings. The SMILES string of the molecule is O=POCCCCCCCC1CO1. The highest BCUT2D eigenvalue weighted by atomic mass is 31.1. The lowest BCUT2D eigenvalue weighted by atomic mass is 10.1. The summed E-state index contributed by atoms with van der Waals surface area (Å²) >= 11 is 0. The fourth-order valence-electron chi connectivity index (χ4n) is 1.34. The van der Waals surface area contributed by atoms with E-state index in [9.17, 15) is 4.57 Å². The molecular weight excluding hydrogens is 187 g/mol. The Bertz CT molecular complexity index is 137. The summed E-state index contributed by atoms with van der Waals surface area (Å²) < 4.78 is 19.7. The van der Waals surface area contributed by atoms with E-state index in [0.717, 1.165) is 13.0 Å². The first-order chi connectivity index (χ1) is 6.43. The summed E-state index contributed by atoms with van der Waals surface area (Å²) in [5.41, 5.74) is 0. The van der Waals surface area contributed by atoms with Gasteiger partial charge in [-0.3, -0.25) is 4.52 Å². The van der Waals surface area contributed by atoms with Gasteiger partial charge in [-0.15, -0.1) is 0 Å². The lowest BCUT2D eigenvalue weighted by Crippen LogP contribution is -1.87. The average Bonchev–Trinajstić information content (AvgIpc) is 2.93. The van der Waals surface area contributed by atoms with E-state index < -0.39 is 0 Å². The molecule has 1 rings (SSSR count). The van der Waals surface area contributed by atoms with Gasteiger partial charge in [0.2, 0.25) is 0 Å². The number of hydrogen-bond acceptors (Lipinski definition) is 3. The van der Waals surface area contributed by atoms with Crippen molar-refractivity contribution in [2.75, 3.05) is 13.2 Å². The molecule has 0 saturated carbocycles. The number of hydrogen-bond donors (Lipinski definition) is 0. The zero-order valence-corrected chi connectivity index (χ0v) is 8.80. The van der Waals surface area contributed by atoms with Crippen LogP contribution in [-0.4, -0.2) is 19.3 Å². The van der Waals surface area contributed by atoms with Crippen LogP contribution in [-0.2, 0) is 13.8 Å². The van der Waals surface area contributed by atoms with Gasteiger partial charge in [0, 0.05) is 0 Å². The molecule has 1 saturated heterocycles. The molecule has 0 aromatic rings. The van der Waals surface area contributed by atoms with Gasteiger partial charge in [0.25, 0.3) is 0 Å². The molecule has 1 atom stereocenters. The van der Waals surface area contributed by atoms with Crippen LogP contribution in [0.3, 0.4) is 0 Å². The highest BCUT2D eigenvalue weighted by Crippen LogP contribution is 2.17. The molecule has 76 valence electrons. The van der Waals surface area contributed by atoms with E-state index >= 15 is 0 Å². The van der Waals surface area contributed by atoms with Gasteiger partial charge >= 0.3 is 8.69 Å². The van der Waals surface area contributed by atoms with Gasteiger partial charge in [-0.1, -0.05) is 25.7 Å². The second kappa shape index (κ2) is 7.43. The average molecular weight is 204 g/mol. The van der Waals surface area contributed by atoms with Crippen LogP contribution >= 0.6 is 8.69 Å². The Morgan fingerprint density at radius 3 is 2.62 bits per heavy atom. The third-order valence-corrected chi connectivity index (χ3v) is 2.50. The van der Waals surface area contributed by atoms with Crippen molar-refractivity contribution in [1.29, 1.82) is 0 Å². The first-order valence-corrected chi connectivity index (χ1v) is 5.72. The van der Waals surface area contributed by atoms with Gasteiger partial charge in [0.1, 0.15) is 0 Å². The number of epoxide rings is 1. The predicted octanol–water partition coefficient (Wildman–Crippen LogP) is 2.95. The minimum absolute atomic E-state index is 0.188. The minimum Gasteiger partial charge on any atom is -0.373 e. The summed E-state index contributed by atoms with van der Waals surface area (Å²) in [6, 6.07) is 0. The lowest BCUT2D eigenvalue weighted by Gasteiger charge is -1.98. The van der Waals surface area contributed by atoms with Gasteiger partial charge in [-0.2, -0.15) is 0 Å². The molecule has 4 heteroatoms. The van der Waals surface area contributed by atoms with E-state index in [0.29, 0.717) is 12.7 Å². The zero-order valence-electron chi connectivity index (χ0n) is 7.91. The summed E-state index contributed by atoms with van der Waals surface area (Å²) in [5, 5.41) is 0. The van der Waals surface area contributed by atoms with Crippen molar-refractivity contribution in [3.63, 3.8) is 0 Å². The number of rotatable bonds is 9. The fourth-order valence-corrected chi connectivity index (χ4v) is 1.54. The van der Waals surface area contributed by atoms with Crippen LogP contribution < -0.4 is 0 Å². The summed E-state index contributed by atoms with van der Waals surface area (Å²) in [4.78, 5) is 0. The maximum Gasteiger partial charge on any atom is 0.327 e. The zero-order chi connectivity index (χ0) is 9.36. The highest BCUT2D eigenvalue weighted by Gasteiger charge is 2.20. The molecule has 1 fully saturated rings. The number of unbranched alkanes of at least 4 members (excludes halogenated alkanes) is 4. The molecule has 0 aliphatic carbocycles. The van der Waals surface area contributed by atoms with E-state index in [1.54, 1.807) is 0 Å². The molecule has 0 spiro atoms. The van der Waals surface area contributed by atoms with Gasteiger partial charge in [0.15, 0.2) is 0 Å². The van der Waals surface area contributed by atoms with Crippen molar-refractivity contribution in [3.05, 3.63) is 0 Å². The topological polar surface area (TPSA) is 38.8 Å². The van der Waals surface area contributed by atoms with Crippen molar-refractivity contribution in [1.82, 2.24) is 0 Å². The van der Waals surface area contributed by atoms with Crippen molar-refractivity contribution in [2.45, 2.75) is 44.6 Å². The Labute approximate surface area is 81.1 Å². The Morgan fingerprint density at radius 2 is 1.92 bits per heavy atom. The smallest absolute Gasteiger partial charge is 0.327 e. The van der Waals surface area contributed by atoms with Gasteiger partial charge in [-0.05, 0) is 12.8 Å². The molecule has 0 aromatic carbocycles. The second-order valence-electron chi connectivity index (χ2n) is 3.42. The van der Waals surface area contributed by atoms with Crippen molar-refractivity contribution < 1.29 is 13.8 Å². The summed E-state index contributed by atoms with van der Waals surface area (Å²) in [6.07, 6.45) is 7.85. The molecule has 0 N–H and O–H groups in total. The highest BCUT2D eigenvalue weighted by molar-refractivity contribution is 7.17. The predicted molar refractivity (Wildman–Crippen MR) is 51.0 cm³/mol. The third kappa shape index (κ3) is 7.12. The van der Waals surface area contributed by atoms with E-state index in [1.165, 1.54) is 32.1 Å². The van der Waals surface area contributed by atoms with Crippen LogP contribution in [0.25, 0.3) is 0 Å². The van der Waals surface area contributed by atoms with Crippen LogP contribution in [0.15, 0.2) is 0 Å². The van der Waals surface area contributed by atoms with E-state index in [-0.39, 0.29) is 8.69 Å². The maximum atomic E-state index is 9.88. The minimum atomic E-state index is -0.188. The van der Waals surface area contributed by atoms with Crippen LogP contribution in [0.2, 0.25) is 0 Å². The largest absolute Gasteiger partial charge is 0.373 e. The molecule has 0 amide bonds. The monoisotopic (exact) mass is 204 g/mol. The Morgan fingerprint density at radius 1 is 1.23 bits per heavy atom. The van der Waals surface area contributed by atoms with Crippen molar-refractivity contribution in [3.8, 4) is 0 Å². The first kappa shape index (κ1) is 11.1. The number of ether oxygens (including phenoxy) is 1. The second-order valence-corrected chi connectivity index (χ2v) is 3.83.